The van der Waals surface area contributed by atoms with E-state index >= 15 is 0 Å². The molecule has 2 N–H and O–H groups in total. The second-order valence-corrected chi connectivity index (χ2v) is 5.92. The van der Waals surface area contributed by atoms with Gasteiger partial charge in [-0.05, 0) is 37.1 Å². The van der Waals surface area contributed by atoms with E-state index in [0.717, 1.165) is 5.56 Å². The Bertz CT molecular complexity index is 892. The van der Waals surface area contributed by atoms with E-state index in [2.05, 4.69) is 10.3 Å². The van der Waals surface area contributed by atoms with Crippen LogP contribution in [0.3, 0.4) is 0 Å². The van der Waals surface area contributed by atoms with E-state index < -0.39 is 0 Å². The van der Waals surface area contributed by atoms with Crippen molar-refractivity contribution in [3.8, 4) is 0 Å². The van der Waals surface area contributed by atoms with Crippen LogP contribution in [0.5, 0.6) is 0 Å². The summed E-state index contributed by atoms with van der Waals surface area (Å²) in [6.45, 7) is 1.73. The molecule has 2 aromatic carbocycles. The second kappa shape index (κ2) is 7.40. The molecule has 25 heavy (non-hydrogen) atoms. The van der Waals surface area contributed by atoms with Crippen molar-refractivity contribution in [3.05, 3.63) is 77.2 Å². The molecule has 1 aromatic heterocycles. The van der Waals surface area contributed by atoms with Crippen LogP contribution in [-0.4, -0.2) is 22.6 Å². The Kier molecular flexibility index (Phi) is 5.05. The highest BCUT2D eigenvalue weighted by atomic mass is 19.1. The van der Waals surface area contributed by atoms with E-state index in [1.165, 1.54) is 12.1 Å². The number of amides is 1. The van der Waals surface area contributed by atoms with Gasteiger partial charge in [0.15, 0.2) is 0 Å². The van der Waals surface area contributed by atoms with Crippen molar-refractivity contribution in [1.29, 1.82) is 0 Å². The zero-order valence-corrected chi connectivity index (χ0v) is 13.9. The van der Waals surface area contributed by atoms with Crippen LogP contribution in [0.25, 0.3) is 10.9 Å². The lowest BCUT2D eigenvalue weighted by Crippen LogP contribution is -2.29. The standard InChI is InChI=1S/C20H19FN2O2/c1-13-11-17(16-8-7-15(21)12-19(16)22-13)20(25)23-18(9-10-24)14-5-3-2-4-6-14/h2-8,11-12,18,24H,9-10H2,1H3,(H,23,25). The van der Waals surface area contributed by atoms with Gasteiger partial charge in [-0.2, -0.15) is 0 Å². The maximum atomic E-state index is 13.5. The quantitative estimate of drug-likeness (QED) is 0.748. The van der Waals surface area contributed by atoms with Crippen LogP contribution in [-0.2, 0) is 0 Å². The number of benzene rings is 2. The molecule has 0 spiro atoms. The fraction of sp³-hybridized carbons (Fsp3) is 0.200. The number of aliphatic hydroxyl groups is 1. The SMILES string of the molecule is Cc1cc(C(=O)NC(CCO)c2ccccc2)c2ccc(F)cc2n1. The van der Waals surface area contributed by atoms with Crippen LogP contribution >= 0.6 is 0 Å². The minimum absolute atomic E-state index is 0.0405. The van der Waals surface area contributed by atoms with Crippen LogP contribution in [0.2, 0.25) is 0 Å². The third-order valence-corrected chi connectivity index (χ3v) is 4.07. The molecular weight excluding hydrogens is 319 g/mol. The van der Waals surface area contributed by atoms with Gasteiger partial charge in [0, 0.05) is 23.8 Å². The highest BCUT2D eigenvalue weighted by molar-refractivity contribution is 6.06. The average molecular weight is 338 g/mol. The molecule has 0 bridgehead atoms. The lowest BCUT2D eigenvalue weighted by atomic mass is 10.0. The van der Waals surface area contributed by atoms with Gasteiger partial charge < -0.3 is 10.4 Å². The van der Waals surface area contributed by atoms with Crippen LogP contribution in [0, 0.1) is 12.7 Å². The third-order valence-electron chi connectivity index (χ3n) is 4.07. The fourth-order valence-electron chi connectivity index (χ4n) is 2.89. The Morgan fingerprint density at radius 1 is 1.20 bits per heavy atom. The Labute approximate surface area is 145 Å². The number of rotatable bonds is 5. The van der Waals surface area contributed by atoms with E-state index in [4.69, 9.17) is 0 Å². The number of fused-ring (bicyclic) bond motifs is 1. The van der Waals surface area contributed by atoms with Crippen LogP contribution in [0.15, 0.2) is 54.6 Å². The average Bonchev–Trinajstić information content (AvgIpc) is 2.61. The number of hydrogen-bond donors (Lipinski definition) is 2. The second-order valence-electron chi connectivity index (χ2n) is 5.92. The number of aromatic nitrogens is 1. The summed E-state index contributed by atoms with van der Waals surface area (Å²) in [6, 6.07) is 15.1. The predicted octanol–water partition coefficient (Wildman–Crippen LogP) is 3.54. The third kappa shape index (κ3) is 3.83. The van der Waals surface area contributed by atoms with Crippen molar-refractivity contribution in [2.24, 2.45) is 0 Å². The fourth-order valence-corrected chi connectivity index (χ4v) is 2.89. The van der Waals surface area contributed by atoms with E-state index in [0.29, 0.717) is 28.6 Å². The summed E-state index contributed by atoms with van der Waals surface area (Å²) in [5.74, 6) is -0.663. The molecule has 0 radical (unpaired) electrons. The molecule has 0 fully saturated rings. The van der Waals surface area contributed by atoms with E-state index in [1.54, 1.807) is 19.1 Å². The summed E-state index contributed by atoms with van der Waals surface area (Å²) in [6.07, 6.45) is 0.409. The minimum atomic E-state index is -0.389. The molecule has 0 aliphatic carbocycles. The highest BCUT2D eigenvalue weighted by Crippen LogP contribution is 2.22. The van der Waals surface area contributed by atoms with Gasteiger partial charge in [0.05, 0.1) is 17.1 Å². The molecular formula is C20H19FN2O2. The lowest BCUT2D eigenvalue weighted by molar-refractivity contribution is 0.0931. The van der Waals surface area contributed by atoms with Crippen LogP contribution in [0.4, 0.5) is 4.39 Å². The Morgan fingerprint density at radius 2 is 1.96 bits per heavy atom. The van der Waals surface area contributed by atoms with Gasteiger partial charge in [0.2, 0.25) is 0 Å². The summed E-state index contributed by atoms with van der Waals surface area (Å²) in [4.78, 5) is 17.1. The normalized spacial score (nSPS) is 12.1. The highest BCUT2D eigenvalue weighted by Gasteiger charge is 2.18. The molecule has 1 heterocycles. The van der Waals surface area contributed by atoms with Crippen molar-refractivity contribution in [3.63, 3.8) is 0 Å². The minimum Gasteiger partial charge on any atom is -0.396 e. The number of nitrogens with zero attached hydrogens (tertiary/aromatic N) is 1. The van der Waals surface area contributed by atoms with E-state index in [1.807, 2.05) is 30.3 Å². The molecule has 1 amide bonds. The first-order chi connectivity index (χ1) is 12.1. The van der Waals surface area contributed by atoms with Crippen molar-refractivity contribution in [2.75, 3.05) is 6.61 Å². The zero-order chi connectivity index (χ0) is 17.8. The van der Waals surface area contributed by atoms with Gasteiger partial charge in [-0.25, -0.2) is 4.39 Å². The molecule has 1 atom stereocenters. The first-order valence-corrected chi connectivity index (χ1v) is 8.12. The number of halogens is 1. The van der Waals surface area contributed by atoms with Gasteiger partial charge in [0.25, 0.3) is 5.91 Å². The van der Waals surface area contributed by atoms with Gasteiger partial charge in [-0.15, -0.1) is 0 Å². The largest absolute Gasteiger partial charge is 0.396 e. The van der Waals surface area contributed by atoms with Crippen molar-refractivity contribution >= 4 is 16.8 Å². The van der Waals surface area contributed by atoms with Gasteiger partial charge in [-0.1, -0.05) is 30.3 Å². The molecule has 1 unspecified atom stereocenters. The topological polar surface area (TPSA) is 62.2 Å². The number of pyridine rings is 1. The summed E-state index contributed by atoms with van der Waals surface area (Å²) in [5, 5.41) is 12.9. The first kappa shape index (κ1) is 17.0. The molecule has 0 saturated heterocycles. The number of aryl methyl sites for hydroxylation is 1. The van der Waals surface area contributed by atoms with E-state index in [9.17, 15) is 14.3 Å². The van der Waals surface area contributed by atoms with Crippen molar-refractivity contribution in [1.82, 2.24) is 10.3 Å². The summed E-state index contributed by atoms with van der Waals surface area (Å²) < 4.78 is 13.5. The molecule has 0 aliphatic rings. The number of nitrogens with one attached hydrogen (secondary N) is 1. The Hall–Kier alpha value is -2.79. The van der Waals surface area contributed by atoms with Crippen LogP contribution < -0.4 is 5.32 Å². The number of aliphatic hydroxyl groups excluding tert-OH is 1. The van der Waals surface area contributed by atoms with Gasteiger partial charge in [0.1, 0.15) is 5.82 Å². The molecule has 0 saturated carbocycles. The van der Waals surface area contributed by atoms with Crippen molar-refractivity contribution in [2.45, 2.75) is 19.4 Å². The number of carbonyl (C=O) groups is 1. The summed E-state index contributed by atoms with van der Waals surface area (Å²) in [5.41, 5.74) is 2.46. The summed E-state index contributed by atoms with van der Waals surface area (Å²) in [7, 11) is 0. The maximum Gasteiger partial charge on any atom is 0.252 e. The van der Waals surface area contributed by atoms with Crippen molar-refractivity contribution < 1.29 is 14.3 Å². The Balaban J connectivity index is 1.96. The molecule has 3 aromatic rings. The molecule has 3 rings (SSSR count). The van der Waals surface area contributed by atoms with Crippen LogP contribution in [0.1, 0.15) is 34.1 Å². The Morgan fingerprint density at radius 3 is 2.68 bits per heavy atom. The molecule has 128 valence electrons. The first-order valence-electron chi connectivity index (χ1n) is 8.12. The molecule has 4 nitrogen and oxygen atoms in total. The van der Waals surface area contributed by atoms with E-state index in [-0.39, 0.29) is 24.4 Å². The van der Waals surface area contributed by atoms with Gasteiger partial charge in [-0.3, -0.25) is 9.78 Å². The lowest BCUT2D eigenvalue weighted by Gasteiger charge is -2.19. The monoisotopic (exact) mass is 338 g/mol. The number of hydrogen-bond acceptors (Lipinski definition) is 3. The zero-order valence-electron chi connectivity index (χ0n) is 13.9. The number of carbonyl (C=O) groups excluding carboxylic acids is 1. The predicted molar refractivity (Wildman–Crippen MR) is 94.8 cm³/mol. The maximum absolute atomic E-state index is 13.5. The molecule has 0 aliphatic heterocycles. The summed E-state index contributed by atoms with van der Waals surface area (Å²) >= 11 is 0. The smallest absolute Gasteiger partial charge is 0.252 e. The van der Waals surface area contributed by atoms with Gasteiger partial charge >= 0.3 is 0 Å². The molecule has 5 heteroatoms.